The minimum absolute atomic E-state index is 0. The van der Waals surface area contributed by atoms with Crippen LogP contribution in [0.5, 0.6) is 5.75 Å². The summed E-state index contributed by atoms with van der Waals surface area (Å²) in [6, 6.07) is 10.7. The molecule has 2 aromatic carbocycles. The van der Waals surface area contributed by atoms with E-state index < -0.39 is 10.0 Å². The number of rotatable bonds is 3. The molecule has 0 aliphatic heterocycles. The number of nitrogens with one attached hydrogen (secondary N) is 1. The molecule has 0 radical (unpaired) electrons. The Morgan fingerprint density at radius 2 is 1.86 bits per heavy atom. The van der Waals surface area contributed by atoms with E-state index in [1.807, 2.05) is 0 Å². The van der Waals surface area contributed by atoms with Crippen molar-refractivity contribution in [1.29, 1.82) is 0 Å². The van der Waals surface area contributed by atoms with Gasteiger partial charge in [0, 0.05) is 18.7 Å². The molecule has 0 fully saturated rings. The van der Waals surface area contributed by atoms with Crippen LogP contribution < -0.4 is 10.5 Å². The lowest BCUT2D eigenvalue weighted by Gasteiger charge is -2.06. The van der Waals surface area contributed by atoms with E-state index in [9.17, 15) is 13.5 Å². The molecule has 0 saturated carbocycles. The fourth-order valence-corrected chi connectivity index (χ4v) is 2.45. The molecule has 4 N–H and O–H groups in total. The van der Waals surface area contributed by atoms with Gasteiger partial charge in [0.15, 0.2) is 0 Å². The summed E-state index contributed by atoms with van der Waals surface area (Å²) in [5.41, 5.74) is 1.31. The number of aromatic nitrogens is 2. The summed E-state index contributed by atoms with van der Waals surface area (Å²) >= 11 is 0. The molecule has 1 aromatic heterocycles. The summed E-state index contributed by atoms with van der Waals surface area (Å²) in [5, 5.41) is 18.1. The highest BCUT2D eigenvalue weighted by atomic mass is 32.2. The predicted octanol–water partition coefficient (Wildman–Crippen LogP) is 1.97. The maximum Gasteiger partial charge on any atom is 0.238 e. The smallest absolute Gasteiger partial charge is 0.238 e. The van der Waals surface area contributed by atoms with E-state index in [0.29, 0.717) is 17.2 Å². The summed E-state index contributed by atoms with van der Waals surface area (Å²) in [6.45, 7) is 0. The zero-order valence-electron chi connectivity index (χ0n) is 11.3. The molecule has 0 aliphatic rings. The molecule has 114 valence electrons. The van der Waals surface area contributed by atoms with Gasteiger partial charge in [0.25, 0.3) is 0 Å². The maximum atomic E-state index is 11.2. The van der Waals surface area contributed by atoms with E-state index in [1.54, 1.807) is 36.5 Å². The maximum absolute atomic E-state index is 11.2. The molecule has 0 unspecified atom stereocenters. The van der Waals surface area contributed by atoms with Crippen LogP contribution in [0.15, 0.2) is 53.6 Å². The Bertz CT molecular complexity index is 946. The number of nitrogens with two attached hydrogens (primary N) is 1. The molecule has 22 heavy (non-hydrogen) atoms. The van der Waals surface area contributed by atoms with Gasteiger partial charge in [-0.25, -0.2) is 23.5 Å². The molecule has 7 nitrogen and oxygen atoms in total. The molecule has 0 bridgehead atoms. The summed E-state index contributed by atoms with van der Waals surface area (Å²) in [4.78, 5) is 8.48. The second-order valence-corrected chi connectivity index (χ2v) is 6.19. The Kier molecular flexibility index (Phi) is 3.39. The number of phenolic OH excluding ortho intramolecular Hbond substituents is 1. The van der Waals surface area contributed by atoms with E-state index in [-0.39, 0.29) is 12.1 Å². The molecule has 0 aliphatic carbocycles. The topological polar surface area (TPSA) is 118 Å². The number of primary sulfonamides is 1. The zero-order chi connectivity index (χ0) is 15.7. The van der Waals surface area contributed by atoms with Crippen molar-refractivity contribution in [2.45, 2.75) is 4.90 Å². The van der Waals surface area contributed by atoms with E-state index in [4.69, 9.17) is 5.14 Å². The fourth-order valence-electron chi connectivity index (χ4n) is 1.94. The SMILES string of the molecule is NS(=O)(=O)c1ccc(Nc2ncc3cc(O)ccc3n2)cc1.[HH]. The van der Waals surface area contributed by atoms with Gasteiger partial charge in [0.2, 0.25) is 16.0 Å². The number of aromatic hydroxyl groups is 1. The van der Waals surface area contributed by atoms with Crippen LogP contribution in [0.4, 0.5) is 11.6 Å². The Balaban J connectivity index is 0.00000192. The second-order valence-electron chi connectivity index (χ2n) is 4.63. The van der Waals surface area contributed by atoms with Crippen LogP contribution in [0.2, 0.25) is 0 Å². The van der Waals surface area contributed by atoms with Crippen molar-refractivity contribution < 1.29 is 15.0 Å². The third kappa shape index (κ3) is 2.97. The van der Waals surface area contributed by atoms with Crippen molar-refractivity contribution in [3.63, 3.8) is 0 Å². The number of nitrogens with zero attached hydrogens (tertiary/aromatic N) is 2. The molecule has 1 heterocycles. The van der Waals surface area contributed by atoms with E-state index in [0.717, 1.165) is 5.39 Å². The van der Waals surface area contributed by atoms with Crippen molar-refractivity contribution in [2.24, 2.45) is 5.14 Å². The van der Waals surface area contributed by atoms with Crippen molar-refractivity contribution in [3.05, 3.63) is 48.7 Å². The van der Waals surface area contributed by atoms with E-state index in [2.05, 4.69) is 15.3 Å². The number of anilines is 2. The number of sulfonamides is 1. The first-order valence-electron chi connectivity index (χ1n) is 6.27. The van der Waals surface area contributed by atoms with Crippen LogP contribution in [-0.4, -0.2) is 23.5 Å². The van der Waals surface area contributed by atoms with E-state index >= 15 is 0 Å². The summed E-state index contributed by atoms with van der Waals surface area (Å²) < 4.78 is 22.4. The van der Waals surface area contributed by atoms with Crippen LogP contribution in [0.25, 0.3) is 10.9 Å². The van der Waals surface area contributed by atoms with E-state index in [1.165, 1.54) is 12.1 Å². The number of phenols is 1. The monoisotopic (exact) mass is 318 g/mol. The van der Waals surface area contributed by atoms with Gasteiger partial charge < -0.3 is 10.4 Å². The Hall–Kier alpha value is -2.71. The van der Waals surface area contributed by atoms with Crippen molar-refractivity contribution in [3.8, 4) is 5.75 Å². The molecular formula is C14H14N4O3S. The molecule has 0 spiro atoms. The summed E-state index contributed by atoms with van der Waals surface area (Å²) in [7, 11) is -3.71. The highest BCUT2D eigenvalue weighted by Crippen LogP contribution is 2.20. The lowest BCUT2D eigenvalue weighted by Crippen LogP contribution is -2.11. The Morgan fingerprint density at radius 3 is 2.55 bits per heavy atom. The van der Waals surface area contributed by atoms with Crippen molar-refractivity contribution in [1.82, 2.24) is 9.97 Å². The largest absolute Gasteiger partial charge is 0.508 e. The molecule has 3 rings (SSSR count). The Morgan fingerprint density at radius 1 is 1.14 bits per heavy atom. The number of hydrogen-bond donors (Lipinski definition) is 3. The molecule has 3 aromatic rings. The first-order valence-corrected chi connectivity index (χ1v) is 7.82. The van der Waals surface area contributed by atoms with Crippen LogP contribution in [-0.2, 0) is 10.0 Å². The van der Waals surface area contributed by atoms with Crippen LogP contribution in [0.3, 0.4) is 0 Å². The number of benzene rings is 2. The molecular weight excluding hydrogens is 304 g/mol. The van der Waals surface area contributed by atoms with Gasteiger partial charge in [-0.05, 0) is 42.5 Å². The minimum Gasteiger partial charge on any atom is -0.508 e. The van der Waals surface area contributed by atoms with Crippen LogP contribution in [0.1, 0.15) is 1.43 Å². The summed E-state index contributed by atoms with van der Waals surface area (Å²) in [5.74, 6) is 0.511. The standard InChI is InChI=1S/C14H12N4O3S.H2/c15-22(20,21)12-4-1-10(2-5-12)17-14-16-8-9-7-11(19)3-6-13(9)18-14;/h1-8,19H,(H2,15,20,21)(H,16,17,18);1H. The first kappa shape index (κ1) is 14.2. The van der Waals surface area contributed by atoms with Gasteiger partial charge in [-0.15, -0.1) is 0 Å². The fraction of sp³-hybridized carbons (Fsp3) is 0. The average Bonchev–Trinajstić information content (AvgIpc) is 2.47. The van der Waals surface area contributed by atoms with Crippen LogP contribution in [0, 0.1) is 0 Å². The molecule has 8 heteroatoms. The van der Waals surface area contributed by atoms with Gasteiger partial charge >= 0.3 is 0 Å². The highest BCUT2D eigenvalue weighted by molar-refractivity contribution is 7.89. The first-order chi connectivity index (χ1) is 10.4. The van der Waals surface area contributed by atoms with Gasteiger partial charge in [0.05, 0.1) is 10.4 Å². The summed E-state index contributed by atoms with van der Waals surface area (Å²) in [6.07, 6.45) is 1.59. The predicted molar refractivity (Wildman–Crippen MR) is 84.4 cm³/mol. The van der Waals surface area contributed by atoms with Crippen molar-refractivity contribution >= 4 is 32.6 Å². The quantitative estimate of drug-likeness (QED) is 0.679. The zero-order valence-corrected chi connectivity index (χ0v) is 12.1. The highest BCUT2D eigenvalue weighted by Gasteiger charge is 2.07. The lowest BCUT2D eigenvalue weighted by molar-refractivity contribution is 0.476. The van der Waals surface area contributed by atoms with Gasteiger partial charge in [-0.3, -0.25) is 0 Å². The third-order valence-corrected chi connectivity index (χ3v) is 3.93. The Labute approximate surface area is 128 Å². The lowest BCUT2D eigenvalue weighted by atomic mass is 10.2. The minimum atomic E-state index is -3.71. The molecule has 0 saturated heterocycles. The number of fused-ring (bicyclic) bond motifs is 1. The normalized spacial score (nSPS) is 11.5. The van der Waals surface area contributed by atoms with Crippen molar-refractivity contribution in [2.75, 3.05) is 5.32 Å². The third-order valence-electron chi connectivity index (χ3n) is 3.00. The van der Waals surface area contributed by atoms with Gasteiger partial charge in [0.1, 0.15) is 5.75 Å². The molecule has 0 atom stereocenters. The number of hydrogen-bond acceptors (Lipinski definition) is 6. The van der Waals surface area contributed by atoms with Gasteiger partial charge in [-0.1, -0.05) is 0 Å². The van der Waals surface area contributed by atoms with Crippen LogP contribution >= 0.6 is 0 Å². The van der Waals surface area contributed by atoms with Gasteiger partial charge in [-0.2, -0.15) is 0 Å². The second kappa shape index (κ2) is 5.24. The average molecular weight is 318 g/mol. The molecule has 0 amide bonds.